The summed E-state index contributed by atoms with van der Waals surface area (Å²) in [5.41, 5.74) is 2.13. The van der Waals surface area contributed by atoms with E-state index in [1.165, 1.54) is 24.3 Å². The Hall–Kier alpha value is -2.25. The summed E-state index contributed by atoms with van der Waals surface area (Å²) in [6.07, 6.45) is 0. The first-order valence-corrected chi connectivity index (χ1v) is 7.57. The molecule has 7 heteroatoms. The standard InChI is InChI=1S/C14H15N3O3S/c1-17(2)14-6-4-3-5-13(14)16-15-11-7-9-12(10-8-11)21(18,19)20/h3-10H,1-2H3,(H,18,19,20). The van der Waals surface area contributed by atoms with Gasteiger partial charge >= 0.3 is 0 Å². The molecule has 0 bridgehead atoms. The van der Waals surface area contributed by atoms with Crippen molar-refractivity contribution >= 4 is 27.2 Å². The minimum atomic E-state index is -4.18. The highest BCUT2D eigenvalue weighted by atomic mass is 32.2. The lowest BCUT2D eigenvalue weighted by molar-refractivity contribution is 0.483. The van der Waals surface area contributed by atoms with Crippen LogP contribution in [0.15, 0.2) is 63.7 Å². The summed E-state index contributed by atoms with van der Waals surface area (Å²) in [6.45, 7) is 0. The molecule has 0 radical (unpaired) electrons. The molecule has 2 aromatic rings. The highest BCUT2D eigenvalue weighted by Gasteiger charge is 2.08. The van der Waals surface area contributed by atoms with Crippen LogP contribution < -0.4 is 4.90 Å². The van der Waals surface area contributed by atoms with Gasteiger partial charge in [0.05, 0.1) is 16.3 Å². The zero-order chi connectivity index (χ0) is 15.5. The average Bonchev–Trinajstić information content (AvgIpc) is 2.45. The Labute approximate surface area is 123 Å². The molecular formula is C14H15N3O3S. The molecule has 2 aromatic carbocycles. The summed E-state index contributed by atoms with van der Waals surface area (Å²) in [4.78, 5) is 1.76. The molecule has 0 atom stereocenters. The number of benzene rings is 2. The van der Waals surface area contributed by atoms with Gasteiger partial charge in [-0.3, -0.25) is 4.55 Å². The van der Waals surface area contributed by atoms with Gasteiger partial charge < -0.3 is 4.90 Å². The first-order chi connectivity index (χ1) is 9.88. The van der Waals surface area contributed by atoms with Crippen LogP contribution in [0.5, 0.6) is 0 Å². The normalized spacial score (nSPS) is 11.8. The van der Waals surface area contributed by atoms with Crippen molar-refractivity contribution in [2.24, 2.45) is 10.2 Å². The van der Waals surface area contributed by atoms with Gasteiger partial charge in [-0.1, -0.05) is 12.1 Å². The SMILES string of the molecule is CN(C)c1ccccc1N=Nc1ccc(S(=O)(=O)O)cc1. The molecule has 21 heavy (non-hydrogen) atoms. The zero-order valence-electron chi connectivity index (χ0n) is 11.6. The Balaban J connectivity index is 2.26. The lowest BCUT2D eigenvalue weighted by Gasteiger charge is -2.13. The Morgan fingerprint density at radius 3 is 2.14 bits per heavy atom. The topological polar surface area (TPSA) is 82.3 Å². The number of rotatable bonds is 4. The molecule has 0 heterocycles. The maximum absolute atomic E-state index is 10.9. The first-order valence-electron chi connectivity index (χ1n) is 6.13. The van der Waals surface area contributed by atoms with Crippen molar-refractivity contribution in [1.29, 1.82) is 0 Å². The summed E-state index contributed by atoms with van der Waals surface area (Å²) in [7, 11) is -0.360. The molecule has 0 saturated carbocycles. The molecule has 0 spiro atoms. The Bertz CT molecular complexity index is 753. The Kier molecular flexibility index (Phi) is 4.35. The van der Waals surface area contributed by atoms with Crippen molar-refractivity contribution in [2.45, 2.75) is 4.90 Å². The molecular weight excluding hydrogens is 290 g/mol. The molecule has 0 aliphatic carbocycles. The third-order valence-corrected chi connectivity index (χ3v) is 3.64. The van der Waals surface area contributed by atoms with Gasteiger partial charge in [0.15, 0.2) is 0 Å². The number of nitrogens with zero attached hydrogens (tertiary/aromatic N) is 3. The van der Waals surface area contributed by atoms with E-state index in [4.69, 9.17) is 4.55 Å². The van der Waals surface area contributed by atoms with Crippen LogP contribution in [0.1, 0.15) is 0 Å². The largest absolute Gasteiger partial charge is 0.376 e. The van der Waals surface area contributed by atoms with Gasteiger partial charge in [-0.15, -0.1) is 5.11 Å². The fourth-order valence-electron chi connectivity index (χ4n) is 1.72. The second-order valence-corrected chi connectivity index (χ2v) is 5.97. The van der Waals surface area contributed by atoms with Crippen LogP contribution in [-0.4, -0.2) is 27.1 Å². The van der Waals surface area contributed by atoms with Gasteiger partial charge in [-0.2, -0.15) is 13.5 Å². The van der Waals surface area contributed by atoms with Crippen molar-refractivity contribution in [3.8, 4) is 0 Å². The van der Waals surface area contributed by atoms with Gasteiger partial charge in [0, 0.05) is 14.1 Å². The molecule has 2 rings (SSSR count). The second kappa shape index (κ2) is 6.02. The molecule has 0 saturated heterocycles. The highest BCUT2D eigenvalue weighted by molar-refractivity contribution is 7.85. The van der Waals surface area contributed by atoms with Gasteiger partial charge in [0.2, 0.25) is 0 Å². The maximum atomic E-state index is 10.9. The van der Waals surface area contributed by atoms with Gasteiger partial charge in [0.1, 0.15) is 5.69 Å². The lowest BCUT2D eigenvalue weighted by atomic mass is 10.2. The third-order valence-electron chi connectivity index (χ3n) is 2.77. The fourth-order valence-corrected chi connectivity index (χ4v) is 2.20. The van der Waals surface area contributed by atoms with Crippen LogP contribution in [0, 0.1) is 0 Å². The zero-order valence-corrected chi connectivity index (χ0v) is 12.4. The van der Waals surface area contributed by atoms with E-state index in [0.29, 0.717) is 11.4 Å². The van der Waals surface area contributed by atoms with E-state index < -0.39 is 10.1 Å². The number of para-hydroxylation sites is 1. The monoisotopic (exact) mass is 305 g/mol. The van der Waals surface area contributed by atoms with Crippen molar-refractivity contribution in [3.05, 3.63) is 48.5 Å². The van der Waals surface area contributed by atoms with Crippen LogP contribution in [0.25, 0.3) is 0 Å². The number of hydrogen-bond acceptors (Lipinski definition) is 5. The predicted molar refractivity (Wildman–Crippen MR) is 81.2 cm³/mol. The summed E-state index contributed by atoms with van der Waals surface area (Å²) in [5.74, 6) is 0. The van der Waals surface area contributed by atoms with E-state index in [2.05, 4.69) is 10.2 Å². The minimum absolute atomic E-state index is 0.171. The van der Waals surface area contributed by atoms with Crippen molar-refractivity contribution in [3.63, 3.8) is 0 Å². The Morgan fingerprint density at radius 1 is 0.952 bits per heavy atom. The van der Waals surface area contributed by atoms with Crippen LogP contribution in [0.4, 0.5) is 17.1 Å². The van der Waals surface area contributed by atoms with Crippen LogP contribution in [0.3, 0.4) is 0 Å². The van der Waals surface area contributed by atoms with E-state index in [1.807, 2.05) is 43.3 Å². The summed E-state index contributed by atoms with van der Waals surface area (Å²) in [5, 5.41) is 8.23. The molecule has 6 nitrogen and oxygen atoms in total. The molecule has 0 amide bonds. The third kappa shape index (κ3) is 3.87. The van der Waals surface area contributed by atoms with E-state index in [-0.39, 0.29) is 4.90 Å². The van der Waals surface area contributed by atoms with Crippen LogP contribution in [0.2, 0.25) is 0 Å². The molecule has 0 aliphatic rings. The predicted octanol–water partition coefficient (Wildman–Crippen LogP) is 3.41. The van der Waals surface area contributed by atoms with Crippen molar-refractivity contribution in [1.82, 2.24) is 0 Å². The molecule has 0 aliphatic heterocycles. The summed E-state index contributed by atoms with van der Waals surface area (Å²) >= 11 is 0. The van der Waals surface area contributed by atoms with Gasteiger partial charge in [-0.05, 0) is 36.4 Å². The van der Waals surface area contributed by atoms with Gasteiger partial charge in [0.25, 0.3) is 10.1 Å². The van der Waals surface area contributed by atoms with E-state index >= 15 is 0 Å². The van der Waals surface area contributed by atoms with E-state index in [9.17, 15) is 8.42 Å². The fraction of sp³-hybridized carbons (Fsp3) is 0.143. The summed E-state index contributed by atoms with van der Waals surface area (Å²) in [6, 6.07) is 13.1. The maximum Gasteiger partial charge on any atom is 0.294 e. The quantitative estimate of drug-likeness (QED) is 0.693. The highest BCUT2D eigenvalue weighted by Crippen LogP contribution is 2.28. The van der Waals surface area contributed by atoms with Crippen LogP contribution in [-0.2, 0) is 10.1 Å². The van der Waals surface area contributed by atoms with E-state index in [1.54, 1.807) is 0 Å². The van der Waals surface area contributed by atoms with Gasteiger partial charge in [-0.25, -0.2) is 0 Å². The van der Waals surface area contributed by atoms with Crippen molar-refractivity contribution in [2.75, 3.05) is 19.0 Å². The molecule has 0 aromatic heterocycles. The Morgan fingerprint density at radius 2 is 1.57 bits per heavy atom. The molecule has 1 N–H and O–H groups in total. The lowest BCUT2D eigenvalue weighted by Crippen LogP contribution is -2.08. The smallest absolute Gasteiger partial charge is 0.294 e. The molecule has 110 valence electrons. The number of hydrogen-bond donors (Lipinski definition) is 1. The van der Waals surface area contributed by atoms with Crippen molar-refractivity contribution < 1.29 is 13.0 Å². The molecule has 0 fully saturated rings. The second-order valence-electron chi connectivity index (χ2n) is 4.55. The minimum Gasteiger partial charge on any atom is -0.376 e. The average molecular weight is 305 g/mol. The first kappa shape index (κ1) is 15.1. The summed E-state index contributed by atoms with van der Waals surface area (Å²) < 4.78 is 30.8. The molecule has 0 unspecified atom stereocenters. The number of anilines is 1. The van der Waals surface area contributed by atoms with Crippen LogP contribution >= 0.6 is 0 Å². The van der Waals surface area contributed by atoms with E-state index in [0.717, 1.165) is 5.69 Å². The number of azo groups is 1.